The Morgan fingerprint density at radius 1 is 1.38 bits per heavy atom. The minimum atomic E-state index is -0.404. The van der Waals surface area contributed by atoms with E-state index in [1.165, 1.54) is 0 Å². The van der Waals surface area contributed by atoms with Crippen molar-refractivity contribution in [2.24, 2.45) is 5.73 Å². The molecule has 0 spiro atoms. The van der Waals surface area contributed by atoms with Crippen molar-refractivity contribution >= 4 is 46.2 Å². The molecule has 0 amide bonds. The number of nitrogens with zero attached hydrogens (tertiary/aromatic N) is 2. The Balaban J connectivity index is 1.96. The van der Waals surface area contributed by atoms with Crippen LogP contribution >= 0.6 is 34.7 Å². The minimum Gasteiger partial charge on any atom is -0.384 e. The number of allylic oxidation sites excluding steroid dienone is 3. The Labute approximate surface area is 183 Å². The molecule has 0 radical (unpaired) electrons. The third kappa shape index (κ3) is 3.48. The second-order valence-corrected chi connectivity index (χ2v) is 9.78. The Hall–Kier alpha value is -2.20. The third-order valence-electron chi connectivity index (χ3n) is 5.22. The largest absolute Gasteiger partial charge is 0.384 e. The zero-order chi connectivity index (χ0) is 20.5. The molecule has 148 valence electrons. The van der Waals surface area contributed by atoms with Crippen molar-refractivity contribution in [3.63, 3.8) is 0 Å². The smallest absolute Gasteiger partial charge is 0.161 e. The number of halogens is 1. The van der Waals surface area contributed by atoms with Crippen LogP contribution in [0.2, 0.25) is 5.02 Å². The summed E-state index contributed by atoms with van der Waals surface area (Å²) in [6, 6.07) is 11.7. The number of ketones is 1. The molecular formula is C22H20ClN3OS2. The van der Waals surface area contributed by atoms with Gasteiger partial charge in [-0.25, -0.2) is 0 Å². The Morgan fingerprint density at radius 3 is 2.93 bits per heavy atom. The van der Waals surface area contributed by atoms with Crippen LogP contribution in [-0.4, -0.2) is 11.5 Å². The predicted molar refractivity (Wildman–Crippen MR) is 120 cm³/mol. The van der Waals surface area contributed by atoms with Gasteiger partial charge in [-0.3, -0.25) is 9.69 Å². The van der Waals surface area contributed by atoms with Crippen LogP contribution in [-0.2, 0) is 4.79 Å². The number of carbonyl (C=O) groups excluding carboxylic acids is 1. The maximum Gasteiger partial charge on any atom is 0.161 e. The standard InChI is InChI=1S/C22H20ClN3OS2/c1-2-28-22-15(9-10-29-22)19-16(12-24)21(25)26(14-6-3-5-13(23)11-14)17-7-4-8-18(27)20(17)19/h3,5-6,9-11,19H,2,4,7-8,25H2,1H3. The Bertz CT molecular complexity index is 1080. The van der Waals surface area contributed by atoms with Gasteiger partial charge in [-0.1, -0.05) is 24.6 Å². The fourth-order valence-corrected chi connectivity index (χ4v) is 6.33. The molecule has 1 aromatic carbocycles. The number of thioether (sulfide) groups is 1. The number of thiophene rings is 1. The molecule has 4 rings (SSSR count). The number of benzene rings is 1. The van der Waals surface area contributed by atoms with E-state index < -0.39 is 5.92 Å². The molecule has 2 aromatic rings. The SMILES string of the molecule is CCSc1sccc1C1C(C#N)=C(N)N(c2cccc(Cl)c2)C2=C1C(=O)CCC2. The lowest BCUT2D eigenvalue weighted by molar-refractivity contribution is -0.116. The Morgan fingerprint density at radius 2 is 2.21 bits per heavy atom. The van der Waals surface area contributed by atoms with Crippen LogP contribution in [0.3, 0.4) is 0 Å². The molecule has 1 aromatic heterocycles. The summed E-state index contributed by atoms with van der Waals surface area (Å²) in [5, 5.41) is 12.7. The van der Waals surface area contributed by atoms with Gasteiger partial charge in [0.15, 0.2) is 5.78 Å². The zero-order valence-corrected chi connectivity index (χ0v) is 18.3. The first-order chi connectivity index (χ1) is 14.1. The van der Waals surface area contributed by atoms with Gasteiger partial charge in [0.05, 0.1) is 21.8 Å². The monoisotopic (exact) mass is 441 g/mol. The number of Topliss-reactive ketones (excluding diaryl/α,β-unsaturated/α-hetero) is 1. The number of carbonyl (C=O) groups is 1. The average Bonchev–Trinajstić information content (AvgIpc) is 3.15. The molecule has 1 atom stereocenters. The van der Waals surface area contributed by atoms with E-state index in [0.717, 1.165) is 39.8 Å². The summed E-state index contributed by atoms with van der Waals surface area (Å²) in [6.45, 7) is 2.10. The molecule has 7 heteroatoms. The van der Waals surface area contributed by atoms with Gasteiger partial charge in [0.1, 0.15) is 5.82 Å². The summed E-state index contributed by atoms with van der Waals surface area (Å²) in [6.07, 6.45) is 2.01. The molecule has 0 bridgehead atoms. The number of hydrogen-bond donors (Lipinski definition) is 1. The van der Waals surface area contributed by atoms with E-state index in [1.807, 2.05) is 34.5 Å². The van der Waals surface area contributed by atoms with Gasteiger partial charge in [-0.15, -0.1) is 23.1 Å². The molecule has 1 aliphatic heterocycles. The summed E-state index contributed by atoms with van der Waals surface area (Å²) in [4.78, 5) is 15.0. The highest BCUT2D eigenvalue weighted by atomic mass is 35.5. The molecule has 0 saturated heterocycles. The number of nitriles is 1. The van der Waals surface area contributed by atoms with Crippen LogP contribution < -0.4 is 10.6 Å². The molecule has 0 fully saturated rings. The van der Waals surface area contributed by atoms with Crippen LogP contribution in [0.25, 0.3) is 0 Å². The highest BCUT2D eigenvalue weighted by Crippen LogP contribution is 2.49. The van der Waals surface area contributed by atoms with E-state index in [1.54, 1.807) is 29.2 Å². The Kier molecular flexibility index (Phi) is 5.73. The number of rotatable bonds is 4. The molecule has 1 unspecified atom stereocenters. The van der Waals surface area contributed by atoms with Crippen LogP contribution in [0.5, 0.6) is 0 Å². The van der Waals surface area contributed by atoms with Gasteiger partial charge in [0.25, 0.3) is 0 Å². The maximum absolute atomic E-state index is 13.1. The van der Waals surface area contributed by atoms with Crippen molar-refractivity contribution in [2.75, 3.05) is 10.7 Å². The summed E-state index contributed by atoms with van der Waals surface area (Å²) in [7, 11) is 0. The summed E-state index contributed by atoms with van der Waals surface area (Å²) in [5.41, 5.74) is 10.4. The lowest BCUT2D eigenvalue weighted by Crippen LogP contribution is -2.38. The van der Waals surface area contributed by atoms with Crippen molar-refractivity contribution in [3.8, 4) is 6.07 Å². The van der Waals surface area contributed by atoms with E-state index in [4.69, 9.17) is 17.3 Å². The van der Waals surface area contributed by atoms with Crippen LogP contribution in [0, 0.1) is 11.3 Å². The van der Waals surface area contributed by atoms with E-state index >= 15 is 0 Å². The lowest BCUT2D eigenvalue weighted by Gasteiger charge is -2.39. The molecule has 2 N–H and O–H groups in total. The van der Waals surface area contributed by atoms with Crippen molar-refractivity contribution in [1.82, 2.24) is 0 Å². The first-order valence-corrected chi connectivity index (χ1v) is 11.7. The number of anilines is 1. The third-order valence-corrected chi connectivity index (χ3v) is 7.61. The normalized spacial score (nSPS) is 19.4. The van der Waals surface area contributed by atoms with Crippen molar-refractivity contribution < 1.29 is 4.79 Å². The summed E-state index contributed by atoms with van der Waals surface area (Å²) >= 11 is 9.60. The highest BCUT2D eigenvalue weighted by molar-refractivity contribution is 8.01. The van der Waals surface area contributed by atoms with Gasteiger partial charge in [0, 0.05) is 28.4 Å². The van der Waals surface area contributed by atoms with Crippen LogP contribution in [0.1, 0.15) is 37.7 Å². The van der Waals surface area contributed by atoms with Crippen molar-refractivity contribution in [3.05, 3.63) is 69.0 Å². The minimum absolute atomic E-state index is 0.0992. The summed E-state index contributed by atoms with van der Waals surface area (Å²) in [5.74, 6) is 1.00. The molecule has 29 heavy (non-hydrogen) atoms. The van der Waals surface area contributed by atoms with E-state index in [-0.39, 0.29) is 5.78 Å². The van der Waals surface area contributed by atoms with E-state index in [9.17, 15) is 10.1 Å². The molecule has 4 nitrogen and oxygen atoms in total. The fourth-order valence-electron chi connectivity index (χ4n) is 4.08. The van der Waals surface area contributed by atoms with E-state index in [0.29, 0.717) is 28.4 Å². The predicted octanol–water partition coefficient (Wildman–Crippen LogP) is 5.82. The maximum atomic E-state index is 13.1. The number of hydrogen-bond acceptors (Lipinski definition) is 6. The first-order valence-electron chi connectivity index (χ1n) is 9.48. The average molecular weight is 442 g/mol. The second kappa shape index (κ2) is 8.27. The van der Waals surface area contributed by atoms with Crippen LogP contribution in [0.15, 0.2) is 62.6 Å². The molecule has 2 aliphatic rings. The van der Waals surface area contributed by atoms with Gasteiger partial charge in [-0.05, 0) is 53.8 Å². The van der Waals surface area contributed by atoms with Gasteiger partial charge < -0.3 is 5.73 Å². The lowest BCUT2D eigenvalue weighted by atomic mass is 9.76. The second-order valence-electron chi connectivity index (χ2n) is 6.89. The van der Waals surface area contributed by atoms with E-state index in [2.05, 4.69) is 13.0 Å². The quantitative estimate of drug-likeness (QED) is 0.605. The molecular weight excluding hydrogens is 422 g/mol. The van der Waals surface area contributed by atoms with Gasteiger partial charge >= 0.3 is 0 Å². The van der Waals surface area contributed by atoms with Gasteiger partial charge in [-0.2, -0.15) is 5.26 Å². The molecule has 1 aliphatic carbocycles. The molecule has 0 saturated carbocycles. The zero-order valence-electron chi connectivity index (χ0n) is 15.9. The van der Waals surface area contributed by atoms with Crippen LogP contribution in [0.4, 0.5) is 5.69 Å². The van der Waals surface area contributed by atoms with Crippen molar-refractivity contribution in [1.29, 1.82) is 5.26 Å². The number of nitrogens with two attached hydrogens (primary N) is 1. The molecule has 2 heterocycles. The van der Waals surface area contributed by atoms with Crippen molar-refractivity contribution in [2.45, 2.75) is 36.3 Å². The highest BCUT2D eigenvalue weighted by Gasteiger charge is 2.41. The fraction of sp³-hybridized carbons (Fsp3) is 0.273. The summed E-state index contributed by atoms with van der Waals surface area (Å²) < 4.78 is 1.14. The first kappa shape index (κ1) is 20.1. The topological polar surface area (TPSA) is 70.1 Å². The van der Waals surface area contributed by atoms with Gasteiger partial charge in [0.2, 0.25) is 0 Å².